The fraction of sp³-hybridized carbons (Fsp3) is 0.158. The highest BCUT2D eigenvalue weighted by atomic mass is 16.5. The molecule has 0 radical (unpaired) electrons. The SMILES string of the molecule is CCNC(=O)NC(=O)[C@H](OC(=O)c1ccccc1-n1cnnn1)c1ccccc1. The van der Waals surface area contributed by atoms with Gasteiger partial charge in [0.2, 0.25) is 6.10 Å². The van der Waals surface area contributed by atoms with Gasteiger partial charge in [-0.15, -0.1) is 5.10 Å². The summed E-state index contributed by atoms with van der Waals surface area (Å²) in [4.78, 5) is 37.2. The van der Waals surface area contributed by atoms with Crippen molar-refractivity contribution in [3.05, 3.63) is 72.1 Å². The molecule has 148 valence electrons. The van der Waals surface area contributed by atoms with Crippen LogP contribution in [0.25, 0.3) is 5.69 Å². The van der Waals surface area contributed by atoms with Crippen molar-refractivity contribution in [1.82, 2.24) is 30.8 Å². The van der Waals surface area contributed by atoms with Crippen molar-refractivity contribution in [2.45, 2.75) is 13.0 Å². The minimum absolute atomic E-state index is 0.159. The van der Waals surface area contributed by atoms with Gasteiger partial charge in [-0.2, -0.15) is 4.68 Å². The smallest absolute Gasteiger partial charge is 0.341 e. The highest BCUT2D eigenvalue weighted by Gasteiger charge is 2.28. The molecule has 10 heteroatoms. The van der Waals surface area contributed by atoms with Gasteiger partial charge in [-0.1, -0.05) is 42.5 Å². The highest BCUT2D eigenvalue weighted by Crippen LogP contribution is 2.22. The van der Waals surface area contributed by atoms with Crippen LogP contribution in [0.2, 0.25) is 0 Å². The predicted octanol–water partition coefficient (Wildman–Crippen LogP) is 1.41. The number of imide groups is 1. The Morgan fingerprint density at radius 2 is 1.79 bits per heavy atom. The van der Waals surface area contributed by atoms with Gasteiger partial charge in [-0.3, -0.25) is 10.1 Å². The van der Waals surface area contributed by atoms with Gasteiger partial charge in [0.1, 0.15) is 6.33 Å². The molecule has 3 amide bonds. The molecular weight excluding hydrogens is 376 g/mol. The second-order valence-corrected chi connectivity index (χ2v) is 5.82. The molecule has 3 rings (SSSR count). The number of hydrogen-bond donors (Lipinski definition) is 2. The van der Waals surface area contributed by atoms with Gasteiger partial charge in [0.15, 0.2) is 0 Å². The molecule has 0 saturated heterocycles. The highest BCUT2D eigenvalue weighted by molar-refractivity contribution is 6.00. The van der Waals surface area contributed by atoms with Gasteiger partial charge >= 0.3 is 12.0 Å². The Bertz CT molecular complexity index is 991. The zero-order valence-electron chi connectivity index (χ0n) is 15.5. The number of carbonyl (C=O) groups excluding carboxylic acids is 3. The normalized spacial score (nSPS) is 11.3. The molecule has 29 heavy (non-hydrogen) atoms. The maximum absolute atomic E-state index is 12.9. The van der Waals surface area contributed by atoms with E-state index in [9.17, 15) is 14.4 Å². The molecular formula is C19H18N6O4. The lowest BCUT2D eigenvalue weighted by atomic mass is 10.1. The summed E-state index contributed by atoms with van der Waals surface area (Å²) in [6.07, 6.45) is 0.0102. The molecule has 2 aromatic carbocycles. The summed E-state index contributed by atoms with van der Waals surface area (Å²) in [5, 5.41) is 15.5. The molecule has 0 aliphatic heterocycles. The number of rotatable bonds is 6. The van der Waals surface area contributed by atoms with E-state index in [-0.39, 0.29) is 5.56 Å². The van der Waals surface area contributed by atoms with Gasteiger partial charge < -0.3 is 10.1 Å². The Kier molecular flexibility index (Phi) is 6.25. The third kappa shape index (κ3) is 4.80. The van der Waals surface area contributed by atoms with Crippen LogP contribution in [0, 0.1) is 0 Å². The monoisotopic (exact) mass is 394 g/mol. The molecule has 0 bridgehead atoms. The molecule has 1 heterocycles. The Morgan fingerprint density at radius 3 is 2.48 bits per heavy atom. The second-order valence-electron chi connectivity index (χ2n) is 5.82. The van der Waals surface area contributed by atoms with Gasteiger partial charge in [-0.25, -0.2) is 9.59 Å². The Labute approximate surface area is 165 Å². The number of nitrogens with zero attached hydrogens (tertiary/aromatic N) is 4. The van der Waals surface area contributed by atoms with E-state index in [0.29, 0.717) is 17.8 Å². The van der Waals surface area contributed by atoms with Gasteiger partial charge in [0.25, 0.3) is 5.91 Å². The summed E-state index contributed by atoms with van der Waals surface area (Å²) in [7, 11) is 0. The average molecular weight is 394 g/mol. The molecule has 0 saturated carbocycles. The Balaban J connectivity index is 1.88. The van der Waals surface area contributed by atoms with Crippen LogP contribution in [0.5, 0.6) is 0 Å². The maximum atomic E-state index is 12.9. The third-order valence-electron chi connectivity index (χ3n) is 3.86. The van der Waals surface area contributed by atoms with E-state index in [1.165, 1.54) is 17.1 Å². The average Bonchev–Trinajstić information content (AvgIpc) is 3.27. The van der Waals surface area contributed by atoms with E-state index in [1.54, 1.807) is 55.5 Å². The maximum Gasteiger partial charge on any atom is 0.341 e. The number of para-hydroxylation sites is 1. The first-order valence-electron chi connectivity index (χ1n) is 8.77. The van der Waals surface area contributed by atoms with Crippen LogP contribution in [0.3, 0.4) is 0 Å². The summed E-state index contributed by atoms with van der Waals surface area (Å²) in [5.41, 5.74) is 0.965. The van der Waals surface area contributed by atoms with Crippen LogP contribution in [0.4, 0.5) is 4.79 Å². The van der Waals surface area contributed by atoms with Crippen molar-refractivity contribution >= 4 is 17.9 Å². The number of amides is 3. The van der Waals surface area contributed by atoms with Crippen LogP contribution in [0.1, 0.15) is 28.9 Å². The zero-order valence-corrected chi connectivity index (χ0v) is 15.5. The number of nitrogens with one attached hydrogen (secondary N) is 2. The lowest BCUT2D eigenvalue weighted by Crippen LogP contribution is -2.42. The standard InChI is InChI=1S/C19H18N6O4/c1-2-20-19(28)22-17(26)16(13-8-4-3-5-9-13)29-18(27)14-10-6-7-11-15(14)25-12-21-23-24-25/h3-12,16H,2H2,1H3,(H2,20,22,26,28)/t16-/m1/s1. The number of carbonyl (C=O) groups is 3. The number of ether oxygens (including phenoxy) is 1. The summed E-state index contributed by atoms with van der Waals surface area (Å²) >= 11 is 0. The van der Waals surface area contributed by atoms with E-state index in [4.69, 9.17) is 4.74 Å². The van der Waals surface area contributed by atoms with E-state index in [0.717, 1.165) is 0 Å². The van der Waals surface area contributed by atoms with Crippen LogP contribution in [-0.4, -0.2) is 44.7 Å². The molecule has 2 N–H and O–H groups in total. The number of tetrazole rings is 1. The Hall–Kier alpha value is -4.08. The minimum Gasteiger partial charge on any atom is -0.444 e. The van der Waals surface area contributed by atoms with Crippen molar-refractivity contribution in [3.63, 3.8) is 0 Å². The molecule has 0 spiro atoms. The van der Waals surface area contributed by atoms with Gasteiger partial charge in [0.05, 0.1) is 11.3 Å². The zero-order chi connectivity index (χ0) is 20.6. The molecule has 0 aliphatic carbocycles. The molecule has 0 unspecified atom stereocenters. The van der Waals surface area contributed by atoms with E-state index in [2.05, 4.69) is 26.2 Å². The number of esters is 1. The van der Waals surface area contributed by atoms with E-state index < -0.39 is 24.0 Å². The number of aromatic nitrogens is 4. The number of benzene rings is 2. The first-order valence-corrected chi connectivity index (χ1v) is 8.77. The van der Waals surface area contributed by atoms with Crippen molar-refractivity contribution < 1.29 is 19.1 Å². The second kappa shape index (κ2) is 9.22. The molecule has 3 aromatic rings. The summed E-state index contributed by atoms with van der Waals surface area (Å²) in [5.74, 6) is -1.54. The number of hydrogen-bond acceptors (Lipinski definition) is 7. The lowest BCUT2D eigenvalue weighted by Gasteiger charge is -2.18. The quantitative estimate of drug-likeness (QED) is 0.605. The molecule has 1 atom stereocenters. The van der Waals surface area contributed by atoms with E-state index >= 15 is 0 Å². The molecule has 10 nitrogen and oxygen atoms in total. The fourth-order valence-corrected chi connectivity index (χ4v) is 2.57. The first kappa shape index (κ1) is 19.7. The van der Waals surface area contributed by atoms with Crippen LogP contribution < -0.4 is 10.6 Å². The largest absolute Gasteiger partial charge is 0.444 e. The summed E-state index contributed by atoms with van der Waals surface area (Å²) in [6, 6.07) is 14.3. The van der Waals surface area contributed by atoms with Gasteiger partial charge in [0, 0.05) is 12.1 Å². The van der Waals surface area contributed by atoms with E-state index in [1.807, 2.05) is 0 Å². The fourth-order valence-electron chi connectivity index (χ4n) is 2.57. The first-order chi connectivity index (χ1) is 14.1. The van der Waals surface area contributed by atoms with Crippen molar-refractivity contribution in [2.24, 2.45) is 0 Å². The summed E-state index contributed by atoms with van der Waals surface area (Å²) < 4.78 is 6.80. The van der Waals surface area contributed by atoms with Crippen LogP contribution in [0.15, 0.2) is 60.9 Å². The Morgan fingerprint density at radius 1 is 1.07 bits per heavy atom. The van der Waals surface area contributed by atoms with Crippen molar-refractivity contribution in [3.8, 4) is 5.69 Å². The molecule has 0 aliphatic rings. The third-order valence-corrected chi connectivity index (χ3v) is 3.86. The predicted molar refractivity (Wildman–Crippen MR) is 101 cm³/mol. The molecule has 1 aromatic heterocycles. The van der Waals surface area contributed by atoms with Crippen molar-refractivity contribution in [2.75, 3.05) is 6.54 Å². The lowest BCUT2D eigenvalue weighted by molar-refractivity contribution is -0.129. The minimum atomic E-state index is -1.33. The van der Waals surface area contributed by atoms with Crippen LogP contribution in [-0.2, 0) is 9.53 Å². The van der Waals surface area contributed by atoms with Crippen LogP contribution >= 0.6 is 0 Å². The van der Waals surface area contributed by atoms with Crippen molar-refractivity contribution in [1.29, 1.82) is 0 Å². The topological polar surface area (TPSA) is 128 Å². The van der Waals surface area contributed by atoms with Gasteiger partial charge in [-0.05, 0) is 29.5 Å². The summed E-state index contributed by atoms with van der Waals surface area (Å²) in [6.45, 7) is 2.06. The molecule has 0 fully saturated rings. The number of urea groups is 1.